The minimum atomic E-state index is -0.164. The van der Waals surface area contributed by atoms with Crippen LogP contribution in [0.25, 0.3) is 0 Å². The zero-order valence-electron chi connectivity index (χ0n) is 12.3. The molecule has 2 aliphatic heterocycles. The number of rotatable bonds is 1. The summed E-state index contributed by atoms with van der Waals surface area (Å²) in [5, 5.41) is 3.43. The van der Waals surface area contributed by atoms with Gasteiger partial charge in [-0.2, -0.15) is 0 Å². The molecule has 1 unspecified atom stereocenters. The van der Waals surface area contributed by atoms with Gasteiger partial charge in [-0.1, -0.05) is 0 Å². The Morgan fingerprint density at radius 2 is 2.05 bits per heavy atom. The Bertz CT molecular complexity index is 496. The van der Waals surface area contributed by atoms with Gasteiger partial charge in [0.25, 0.3) is 0 Å². The molecule has 4 heteroatoms. The Morgan fingerprint density at radius 3 is 2.74 bits per heavy atom. The summed E-state index contributed by atoms with van der Waals surface area (Å²) in [6.45, 7) is 10.6. The van der Waals surface area contributed by atoms with Gasteiger partial charge in [0, 0.05) is 36.7 Å². The standard InChI is InChI=1S/C15H23N3O/c1-14(2)7-11(15(3,4)19-14)13-10-8-16-6-5-12(10)17-9-18-13/h9,11,16H,5-8H2,1-4H3. The van der Waals surface area contributed by atoms with Gasteiger partial charge in [0.05, 0.1) is 16.9 Å². The fraction of sp³-hybridized carbons (Fsp3) is 0.733. The van der Waals surface area contributed by atoms with Crippen molar-refractivity contribution >= 4 is 0 Å². The molecule has 104 valence electrons. The number of aromatic nitrogens is 2. The molecule has 0 aromatic carbocycles. The first-order valence-electron chi connectivity index (χ1n) is 7.13. The molecule has 0 saturated carbocycles. The lowest BCUT2D eigenvalue weighted by Crippen LogP contribution is -2.32. The van der Waals surface area contributed by atoms with Gasteiger partial charge >= 0.3 is 0 Å². The molecular formula is C15H23N3O. The largest absolute Gasteiger partial charge is 0.369 e. The monoisotopic (exact) mass is 261 g/mol. The van der Waals surface area contributed by atoms with E-state index in [9.17, 15) is 0 Å². The van der Waals surface area contributed by atoms with Crippen LogP contribution in [0, 0.1) is 0 Å². The van der Waals surface area contributed by atoms with E-state index >= 15 is 0 Å². The highest BCUT2D eigenvalue weighted by molar-refractivity contribution is 5.32. The van der Waals surface area contributed by atoms with Crippen LogP contribution in [0.15, 0.2) is 6.33 Å². The Morgan fingerprint density at radius 1 is 1.26 bits per heavy atom. The fourth-order valence-electron chi connectivity index (χ4n) is 3.58. The molecule has 19 heavy (non-hydrogen) atoms. The predicted molar refractivity (Wildman–Crippen MR) is 74.0 cm³/mol. The number of fused-ring (bicyclic) bond motifs is 1. The molecule has 1 N–H and O–H groups in total. The normalized spacial score (nSPS) is 28.1. The van der Waals surface area contributed by atoms with E-state index in [1.807, 2.05) is 0 Å². The van der Waals surface area contributed by atoms with E-state index in [-0.39, 0.29) is 11.2 Å². The second-order valence-corrected chi connectivity index (χ2v) is 6.83. The van der Waals surface area contributed by atoms with E-state index < -0.39 is 0 Å². The van der Waals surface area contributed by atoms with Crippen molar-refractivity contribution in [1.29, 1.82) is 0 Å². The van der Waals surface area contributed by atoms with Crippen LogP contribution in [0.5, 0.6) is 0 Å². The van der Waals surface area contributed by atoms with Crippen LogP contribution in [0.3, 0.4) is 0 Å². The van der Waals surface area contributed by atoms with Crippen molar-refractivity contribution in [1.82, 2.24) is 15.3 Å². The lowest BCUT2D eigenvalue weighted by atomic mass is 9.82. The van der Waals surface area contributed by atoms with Crippen molar-refractivity contribution in [3.8, 4) is 0 Å². The van der Waals surface area contributed by atoms with E-state index in [2.05, 4.69) is 43.0 Å². The lowest BCUT2D eigenvalue weighted by molar-refractivity contribution is -0.0683. The van der Waals surface area contributed by atoms with Crippen LogP contribution in [-0.2, 0) is 17.7 Å². The van der Waals surface area contributed by atoms with Gasteiger partial charge in [-0.25, -0.2) is 9.97 Å². The average Bonchev–Trinajstić information content (AvgIpc) is 2.56. The molecule has 0 bridgehead atoms. The quantitative estimate of drug-likeness (QED) is 0.841. The summed E-state index contributed by atoms with van der Waals surface area (Å²) in [4.78, 5) is 9.05. The van der Waals surface area contributed by atoms with E-state index in [1.165, 1.54) is 17.0 Å². The second-order valence-electron chi connectivity index (χ2n) is 6.83. The topological polar surface area (TPSA) is 47.0 Å². The first kappa shape index (κ1) is 13.0. The summed E-state index contributed by atoms with van der Waals surface area (Å²) >= 11 is 0. The highest BCUT2D eigenvalue weighted by Crippen LogP contribution is 2.48. The minimum absolute atomic E-state index is 0.0753. The summed E-state index contributed by atoms with van der Waals surface area (Å²) in [6, 6.07) is 0. The molecule has 1 saturated heterocycles. The summed E-state index contributed by atoms with van der Waals surface area (Å²) < 4.78 is 6.21. The molecule has 3 heterocycles. The number of hydrogen-bond acceptors (Lipinski definition) is 4. The van der Waals surface area contributed by atoms with Gasteiger partial charge in [0.15, 0.2) is 0 Å². The van der Waals surface area contributed by atoms with E-state index in [4.69, 9.17) is 4.74 Å². The zero-order chi connectivity index (χ0) is 13.7. The second kappa shape index (κ2) is 4.25. The SMILES string of the molecule is CC1(C)CC(c2ncnc3c2CNCC3)C(C)(C)O1. The number of nitrogens with zero attached hydrogens (tertiary/aromatic N) is 2. The van der Waals surface area contributed by atoms with Gasteiger partial charge in [0.1, 0.15) is 6.33 Å². The van der Waals surface area contributed by atoms with Gasteiger partial charge in [-0.05, 0) is 34.1 Å². The van der Waals surface area contributed by atoms with E-state index in [0.29, 0.717) is 5.92 Å². The third-order valence-electron chi connectivity index (χ3n) is 4.31. The molecule has 1 aromatic rings. The average molecular weight is 261 g/mol. The Balaban J connectivity index is 2.03. The summed E-state index contributed by atoms with van der Waals surface area (Å²) in [5.74, 6) is 0.346. The van der Waals surface area contributed by atoms with Crippen LogP contribution in [-0.4, -0.2) is 27.7 Å². The van der Waals surface area contributed by atoms with Crippen LogP contribution in [0.4, 0.5) is 0 Å². The van der Waals surface area contributed by atoms with Gasteiger partial charge in [0.2, 0.25) is 0 Å². The molecule has 3 rings (SSSR count). The van der Waals surface area contributed by atoms with Crippen LogP contribution < -0.4 is 5.32 Å². The Kier molecular flexibility index (Phi) is 2.91. The summed E-state index contributed by atoms with van der Waals surface area (Å²) in [5.41, 5.74) is 3.46. The highest BCUT2D eigenvalue weighted by Gasteiger charge is 2.48. The third kappa shape index (κ3) is 2.28. The van der Waals surface area contributed by atoms with Crippen LogP contribution in [0.1, 0.15) is 57.0 Å². The summed E-state index contributed by atoms with van der Waals surface area (Å²) in [6.07, 6.45) is 3.74. The molecule has 0 amide bonds. The van der Waals surface area contributed by atoms with Crippen LogP contribution >= 0.6 is 0 Å². The number of ether oxygens (including phenoxy) is 1. The van der Waals surface area contributed by atoms with Gasteiger partial charge in [-0.3, -0.25) is 0 Å². The first-order valence-corrected chi connectivity index (χ1v) is 7.13. The number of nitrogens with one attached hydrogen (secondary N) is 1. The van der Waals surface area contributed by atoms with Crippen molar-refractivity contribution in [3.05, 3.63) is 23.3 Å². The Labute approximate surface area is 115 Å². The lowest BCUT2D eigenvalue weighted by Gasteiger charge is -2.29. The Hall–Kier alpha value is -1.00. The number of hydrogen-bond donors (Lipinski definition) is 1. The van der Waals surface area contributed by atoms with Crippen molar-refractivity contribution in [2.75, 3.05) is 6.54 Å². The molecule has 0 spiro atoms. The molecule has 1 fully saturated rings. The first-order chi connectivity index (χ1) is 8.89. The van der Waals surface area contributed by atoms with Crippen molar-refractivity contribution in [3.63, 3.8) is 0 Å². The fourth-order valence-corrected chi connectivity index (χ4v) is 3.58. The minimum Gasteiger partial charge on any atom is -0.369 e. The van der Waals surface area contributed by atoms with Crippen molar-refractivity contribution in [2.45, 2.75) is 64.2 Å². The smallest absolute Gasteiger partial charge is 0.115 e. The highest BCUT2D eigenvalue weighted by atomic mass is 16.5. The van der Waals surface area contributed by atoms with Crippen molar-refractivity contribution in [2.24, 2.45) is 0 Å². The predicted octanol–water partition coefficient (Wildman–Crippen LogP) is 2.18. The van der Waals surface area contributed by atoms with Crippen LogP contribution in [0.2, 0.25) is 0 Å². The molecule has 1 atom stereocenters. The molecule has 0 radical (unpaired) electrons. The maximum Gasteiger partial charge on any atom is 0.115 e. The van der Waals surface area contributed by atoms with Crippen molar-refractivity contribution < 1.29 is 4.74 Å². The maximum absolute atomic E-state index is 6.21. The van der Waals surface area contributed by atoms with E-state index in [0.717, 1.165) is 25.9 Å². The zero-order valence-corrected chi connectivity index (χ0v) is 12.3. The van der Waals surface area contributed by atoms with Gasteiger partial charge in [-0.15, -0.1) is 0 Å². The molecule has 0 aliphatic carbocycles. The molecule has 2 aliphatic rings. The van der Waals surface area contributed by atoms with E-state index in [1.54, 1.807) is 6.33 Å². The molecular weight excluding hydrogens is 238 g/mol. The molecule has 1 aromatic heterocycles. The maximum atomic E-state index is 6.21. The third-order valence-corrected chi connectivity index (χ3v) is 4.31. The summed E-state index contributed by atoms with van der Waals surface area (Å²) in [7, 11) is 0. The van der Waals surface area contributed by atoms with Gasteiger partial charge < -0.3 is 10.1 Å². The molecule has 4 nitrogen and oxygen atoms in total.